The lowest BCUT2D eigenvalue weighted by atomic mass is 10.0. The van der Waals surface area contributed by atoms with E-state index in [1.807, 2.05) is 60.7 Å². The SMILES string of the molecule is O[C@H]([C@H]1OC(c2ccccc2)OC[C@H]1O)[C@@H]1COC(c2ccccc2)O1. The fourth-order valence-electron chi connectivity index (χ4n) is 3.24. The summed E-state index contributed by atoms with van der Waals surface area (Å²) in [5.41, 5.74) is 1.72. The Labute approximate surface area is 151 Å². The van der Waals surface area contributed by atoms with Gasteiger partial charge in [0.15, 0.2) is 12.6 Å². The van der Waals surface area contributed by atoms with Crippen LogP contribution in [0.4, 0.5) is 0 Å². The summed E-state index contributed by atoms with van der Waals surface area (Å²) in [4.78, 5) is 0. The van der Waals surface area contributed by atoms with Crippen LogP contribution in [0, 0.1) is 0 Å². The maximum absolute atomic E-state index is 10.7. The molecule has 0 amide bonds. The summed E-state index contributed by atoms with van der Waals surface area (Å²) in [5, 5.41) is 21.0. The Morgan fingerprint density at radius 2 is 1.31 bits per heavy atom. The minimum Gasteiger partial charge on any atom is -0.388 e. The summed E-state index contributed by atoms with van der Waals surface area (Å²) < 4.78 is 22.9. The lowest BCUT2D eigenvalue weighted by molar-refractivity contribution is -0.283. The summed E-state index contributed by atoms with van der Waals surface area (Å²) in [6.45, 7) is 0.307. The van der Waals surface area contributed by atoms with Crippen LogP contribution in [0.3, 0.4) is 0 Å². The molecule has 6 atom stereocenters. The molecule has 2 N–H and O–H groups in total. The first-order valence-corrected chi connectivity index (χ1v) is 8.72. The van der Waals surface area contributed by atoms with Crippen molar-refractivity contribution in [2.24, 2.45) is 0 Å². The second kappa shape index (κ2) is 7.84. The monoisotopic (exact) mass is 358 g/mol. The van der Waals surface area contributed by atoms with Crippen LogP contribution in [0.15, 0.2) is 60.7 Å². The van der Waals surface area contributed by atoms with Crippen molar-refractivity contribution in [1.82, 2.24) is 0 Å². The normalized spacial score (nSPS) is 33.1. The van der Waals surface area contributed by atoms with Gasteiger partial charge in [0, 0.05) is 11.1 Å². The molecule has 2 heterocycles. The highest BCUT2D eigenvalue weighted by Gasteiger charge is 2.43. The zero-order valence-electron chi connectivity index (χ0n) is 14.2. The van der Waals surface area contributed by atoms with Crippen LogP contribution in [0.25, 0.3) is 0 Å². The van der Waals surface area contributed by atoms with Crippen LogP contribution in [0.2, 0.25) is 0 Å². The van der Waals surface area contributed by atoms with Gasteiger partial charge >= 0.3 is 0 Å². The standard InChI is InChI=1S/C20H22O6/c21-15-11-23-20(14-9-5-2-6-10-14)26-18(15)17(22)16-12-24-19(25-16)13-7-3-1-4-8-13/h1-10,15-22H,11-12H2/t15-,16+,17+,18+,19?,20?/m1/s1. The van der Waals surface area contributed by atoms with Crippen LogP contribution in [0.1, 0.15) is 23.7 Å². The second-order valence-electron chi connectivity index (χ2n) is 6.49. The summed E-state index contributed by atoms with van der Waals surface area (Å²) in [6, 6.07) is 19.0. The summed E-state index contributed by atoms with van der Waals surface area (Å²) in [7, 11) is 0. The molecule has 6 heteroatoms. The number of ether oxygens (including phenoxy) is 4. The predicted octanol–water partition coefficient (Wildman–Crippen LogP) is 1.94. The molecular weight excluding hydrogens is 336 g/mol. The van der Waals surface area contributed by atoms with Crippen LogP contribution in [-0.2, 0) is 18.9 Å². The van der Waals surface area contributed by atoms with E-state index >= 15 is 0 Å². The van der Waals surface area contributed by atoms with Crippen molar-refractivity contribution >= 4 is 0 Å². The zero-order chi connectivity index (χ0) is 17.9. The van der Waals surface area contributed by atoms with Crippen LogP contribution >= 0.6 is 0 Å². The van der Waals surface area contributed by atoms with E-state index in [1.165, 1.54) is 0 Å². The van der Waals surface area contributed by atoms with E-state index in [0.29, 0.717) is 0 Å². The number of rotatable bonds is 4. The fourth-order valence-corrected chi connectivity index (χ4v) is 3.24. The van der Waals surface area contributed by atoms with Gasteiger partial charge in [0.1, 0.15) is 24.4 Å². The van der Waals surface area contributed by atoms with Gasteiger partial charge in [0.2, 0.25) is 0 Å². The minimum absolute atomic E-state index is 0.0803. The Hall–Kier alpha value is -1.80. The lowest BCUT2D eigenvalue weighted by Gasteiger charge is -2.37. The van der Waals surface area contributed by atoms with Gasteiger partial charge in [-0.2, -0.15) is 0 Å². The summed E-state index contributed by atoms with van der Waals surface area (Å²) >= 11 is 0. The molecule has 4 rings (SSSR count). The molecule has 2 aromatic rings. The number of aliphatic hydroxyl groups is 2. The van der Waals surface area contributed by atoms with Gasteiger partial charge in [-0.1, -0.05) is 60.7 Å². The van der Waals surface area contributed by atoms with E-state index in [2.05, 4.69) is 0 Å². The molecule has 0 spiro atoms. The predicted molar refractivity (Wildman–Crippen MR) is 92.0 cm³/mol. The molecule has 0 saturated carbocycles. The lowest BCUT2D eigenvalue weighted by Crippen LogP contribution is -2.52. The largest absolute Gasteiger partial charge is 0.388 e. The van der Waals surface area contributed by atoms with Gasteiger partial charge in [-0.05, 0) is 0 Å². The number of aliphatic hydroxyl groups excluding tert-OH is 2. The molecule has 0 bridgehead atoms. The maximum atomic E-state index is 10.7. The second-order valence-corrected chi connectivity index (χ2v) is 6.49. The van der Waals surface area contributed by atoms with Crippen LogP contribution in [0.5, 0.6) is 0 Å². The van der Waals surface area contributed by atoms with E-state index < -0.39 is 37.0 Å². The van der Waals surface area contributed by atoms with Crippen molar-refractivity contribution in [3.63, 3.8) is 0 Å². The van der Waals surface area contributed by atoms with Gasteiger partial charge in [0.25, 0.3) is 0 Å². The average molecular weight is 358 g/mol. The Morgan fingerprint density at radius 1 is 0.769 bits per heavy atom. The molecule has 26 heavy (non-hydrogen) atoms. The Balaban J connectivity index is 1.42. The van der Waals surface area contributed by atoms with Gasteiger partial charge < -0.3 is 29.2 Å². The van der Waals surface area contributed by atoms with Crippen LogP contribution < -0.4 is 0 Å². The highest BCUT2D eigenvalue weighted by Crippen LogP contribution is 2.33. The molecule has 2 saturated heterocycles. The quantitative estimate of drug-likeness (QED) is 0.870. The first-order chi connectivity index (χ1) is 12.7. The molecule has 6 nitrogen and oxygen atoms in total. The van der Waals surface area contributed by atoms with Crippen molar-refractivity contribution in [1.29, 1.82) is 0 Å². The Bertz CT molecular complexity index is 694. The number of hydrogen-bond acceptors (Lipinski definition) is 6. The van der Waals surface area contributed by atoms with E-state index in [4.69, 9.17) is 18.9 Å². The summed E-state index contributed by atoms with van der Waals surface area (Å²) in [6.07, 6.45) is -4.55. The van der Waals surface area contributed by atoms with Gasteiger partial charge in [-0.3, -0.25) is 0 Å². The van der Waals surface area contributed by atoms with E-state index in [0.717, 1.165) is 11.1 Å². The first-order valence-electron chi connectivity index (χ1n) is 8.72. The third kappa shape index (κ3) is 3.66. The molecule has 2 fully saturated rings. The topological polar surface area (TPSA) is 77.4 Å². The van der Waals surface area contributed by atoms with E-state index in [-0.39, 0.29) is 13.2 Å². The highest BCUT2D eigenvalue weighted by atomic mass is 16.7. The molecule has 2 unspecified atom stereocenters. The van der Waals surface area contributed by atoms with Crippen LogP contribution in [-0.4, -0.2) is 47.8 Å². The molecule has 0 aliphatic carbocycles. The third-order valence-electron chi connectivity index (χ3n) is 4.65. The Kier molecular flexibility index (Phi) is 5.31. The Morgan fingerprint density at radius 3 is 1.92 bits per heavy atom. The zero-order valence-corrected chi connectivity index (χ0v) is 14.2. The minimum atomic E-state index is -1.03. The van der Waals surface area contributed by atoms with Crippen molar-refractivity contribution in [3.05, 3.63) is 71.8 Å². The average Bonchev–Trinajstić information content (AvgIpc) is 3.19. The molecule has 0 radical (unpaired) electrons. The first kappa shape index (κ1) is 17.6. The highest BCUT2D eigenvalue weighted by molar-refractivity contribution is 5.17. The van der Waals surface area contributed by atoms with Crippen molar-refractivity contribution in [3.8, 4) is 0 Å². The van der Waals surface area contributed by atoms with E-state index in [9.17, 15) is 10.2 Å². The fraction of sp³-hybridized carbons (Fsp3) is 0.400. The third-order valence-corrected chi connectivity index (χ3v) is 4.65. The van der Waals surface area contributed by atoms with Crippen molar-refractivity contribution in [2.45, 2.75) is 37.0 Å². The number of hydrogen-bond donors (Lipinski definition) is 2. The van der Waals surface area contributed by atoms with Crippen molar-refractivity contribution in [2.75, 3.05) is 13.2 Å². The smallest absolute Gasteiger partial charge is 0.184 e. The molecule has 0 aromatic heterocycles. The number of benzene rings is 2. The molecule has 2 aliphatic rings. The maximum Gasteiger partial charge on any atom is 0.184 e. The van der Waals surface area contributed by atoms with Crippen molar-refractivity contribution < 1.29 is 29.2 Å². The molecule has 138 valence electrons. The van der Waals surface area contributed by atoms with Gasteiger partial charge in [0.05, 0.1) is 13.2 Å². The molecular formula is C20H22O6. The molecule has 2 aromatic carbocycles. The molecule has 2 aliphatic heterocycles. The van der Waals surface area contributed by atoms with Gasteiger partial charge in [-0.25, -0.2) is 0 Å². The van der Waals surface area contributed by atoms with Gasteiger partial charge in [-0.15, -0.1) is 0 Å². The summed E-state index contributed by atoms with van der Waals surface area (Å²) in [5.74, 6) is 0. The van der Waals surface area contributed by atoms with E-state index in [1.54, 1.807) is 0 Å².